The van der Waals surface area contributed by atoms with Gasteiger partial charge in [-0.1, -0.05) is 0 Å². The van der Waals surface area contributed by atoms with E-state index in [1.54, 1.807) is 0 Å². The third-order valence-electron chi connectivity index (χ3n) is 4.25. The van der Waals surface area contributed by atoms with Crippen LogP contribution in [0.25, 0.3) is 0 Å². The second kappa shape index (κ2) is 3.82. The standard InChI is InChI=1S/C12H24N2/c1-9-7-10(2)13(9)5-6-14-11(3)8-12(14)4/h9-12H,5-8H2,1-4H3/t9-,10-,11-,12-/m1/s1. The third kappa shape index (κ3) is 1.70. The van der Waals surface area contributed by atoms with E-state index in [-0.39, 0.29) is 0 Å². The van der Waals surface area contributed by atoms with Crippen LogP contribution >= 0.6 is 0 Å². The van der Waals surface area contributed by atoms with Crippen LogP contribution in [0.5, 0.6) is 0 Å². The van der Waals surface area contributed by atoms with Gasteiger partial charge < -0.3 is 0 Å². The zero-order valence-electron chi connectivity index (χ0n) is 10.0. The van der Waals surface area contributed by atoms with Crippen LogP contribution in [0.3, 0.4) is 0 Å². The molecule has 0 unspecified atom stereocenters. The predicted molar refractivity (Wildman–Crippen MR) is 60.5 cm³/mol. The number of hydrogen-bond donors (Lipinski definition) is 0. The molecule has 2 saturated heterocycles. The van der Waals surface area contributed by atoms with Crippen LogP contribution in [0.1, 0.15) is 40.5 Å². The maximum absolute atomic E-state index is 2.64. The molecule has 0 bridgehead atoms. The first-order chi connectivity index (χ1) is 6.59. The Morgan fingerprint density at radius 3 is 1.21 bits per heavy atom. The molecule has 14 heavy (non-hydrogen) atoms. The average Bonchev–Trinajstić information content (AvgIpc) is 2.12. The molecule has 2 heterocycles. The molecule has 0 spiro atoms. The van der Waals surface area contributed by atoms with Crippen LogP contribution in [0.2, 0.25) is 0 Å². The normalized spacial score (nSPS) is 44.6. The number of nitrogens with zero attached hydrogens (tertiary/aromatic N) is 2. The van der Waals surface area contributed by atoms with Gasteiger partial charge >= 0.3 is 0 Å². The fraction of sp³-hybridized carbons (Fsp3) is 1.00. The van der Waals surface area contributed by atoms with E-state index in [2.05, 4.69) is 37.5 Å². The quantitative estimate of drug-likeness (QED) is 0.681. The largest absolute Gasteiger partial charge is 0.297 e. The van der Waals surface area contributed by atoms with Gasteiger partial charge in [-0.3, -0.25) is 9.80 Å². The van der Waals surface area contributed by atoms with Gasteiger partial charge in [0.15, 0.2) is 0 Å². The minimum absolute atomic E-state index is 0.830. The zero-order valence-corrected chi connectivity index (χ0v) is 10.0. The summed E-state index contributed by atoms with van der Waals surface area (Å²) in [5.74, 6) is 0. The second-order valence-electron chi connectivity index (χ2n) is 5.34. The van der Waals surface area contributed by atoms with E-state index in [4.69, 9.17) is 0 Å². The van der Waals surface area contributed by atoms with Crippen molar-refractivity contribution in [3.05, 3.63) is 0 Å². The maximum atomic E-state index is 2.64. The predicted octanol–water partition coefficient (Wildman–Crippen LogP) is 1.95. The Hall–Kier alpha value is -0.0800. The van der Waals surface area contributed by atoms with Crippen molar-refractivity contribution in [2.45, 2.75) is 64.7 Å². The van der Waals surface area contributed by atoms with Crippen molar-refractivity contribution in [1.29, 1.82) is 0 Å². The molecule has 2 rings (SSSR count). The van der Waals surface area contributed by atoms with Crippen LogP contribution < -0.4 is 0 Å². The van der Waals surface area contributed by atoms with Crippen LogP contribution in [-0.4, -0.2) is 47.1 Å². The SMILES string of the molecule is C[C@@H]1C[C@@H](C)N1CCN1[C@H](C)C[C@H]1C. The molecule has 0 amide bonds. The summed E-state index contributed by atoms with van der Waals surface area (Å²) in [5.41, 5.74) is 0. The second-order valence-corrected chi connectivity index (χ2v) is 5.34. The van der Waals surface area contributed by atoms with E-state index in [0.717, 1.165) is 24.2 Å². The third-order valence-corrected chi connectivity index (χ3v) is 4.25. The van der Waals surface area contributed by atoms with Gasteiger partial charge in [0, 0.05) is 37.3 Å². The lowest BCUT2D eigenvalue weighted by molar-refractivity contribution is -0.0129. The van der Waals surface area contributed by atoms with Gasteiger partial charge in [-0.25, -0.2) is 0 Å². The van der Waals surface area contributed by atoms with Crippen LogP contribution in [0, 0.1) is 0 Å². The number of rotatable bonds is 3. The Morgan fingerprint density at radius 1 is 0.714 bits per heavy atom. The molecule has 0 N–H and O–H groups in total. The van der Waals surface area contributed by atoms with Crippen molar-refractivity contribution < 1.29 is 0 Å². The Labute approximate surface area is 88.3 Å². The molecule has 2 fully saturated rings. The first-order valence-electron chi connectivity index (χ1n) is 6.11. The van der Waals surface area contributed by atoms with E-state index in [1.807, 2.05) is 0 Å². The first kappa shape index (κ1) is 10.4. The van der Waals surface area contributed by atoms with Crippen molar-refractivity contribution in [1.82, 2.24) is 9.80 Å². The van der Waals surface area contributed by atoms with Crippen molar-refractivity contribution in [3.8, 4) is 0 Å². The van der Waals surface area contributed by atoms with E-state index >= 15 is 0 Å². The Morgan fingerprint density at radius 2 is 1.00 bits per heavy atom. The van der Waals surface area contributed by atoms with Crippen molar-refractivity contribution in [2.75, 3.05) is 13.1 Å². The highest BCUT2D eigenvalue weighted by atomic mass is 15.3. The fourth-order valence-corrected chi connectivity index (χ4v) is 3.23. The summed E-state index contributed by atoms with van der Waals surface area (Å²) in [6.07, 6.45) is 2.79. The summed E-state index contributed by atoms with van der Waals surface area (Å²) in [6, 6.07) is 3.32. The van der Waals surface area contributed by atoms with Crippen LogP contribution in [0.4, 0.5) is 0 Å². The molecular formula is C12H24N2. The van der Waals surface area contributed by atoms with Crippen molar-refractivity contribution >= 4 is 0 Å². The zero-order chi connectivity index (χ0) is 10.3. The first-order valence-corrected chi connectivity index (χ1v) is 6.11. The van der Waals surface area contributed by atoms with Crippen molar-refractivity contribution in [2.24, 2.45) is 0 Å². The van der Waals surface area contributed by atoms with Gasteiger partial charge in [-0.15, -0.1) is 0 Å². The van der Waals surface area contributed by atoms with E-state index in [0.29, 0.717) is 0 Å². The van der Waals surface area contributed by atoms with E-state index in [9.17, 15) is 0 Å². The number of likely N-dealkylation sites (tertiary alicyclic amines) is 2. The molecule has 0 aromatic rings. The lowest BCUT2D eigenvalue weighted by Crippen LogP contribution is -2.59. The Balaban J connectivity index is 1.72. The van der Waals surface area contributed by atoms with E-state index < -0.39 is 0 Å². The van der Waals surface area contributed by atoms with Gasteiger partial charge in [0.25, 0.3) is 0 Å². The maximum Gasteiger partial charge on any atom is 0.0115 e. The molecule has 0 radical (unpaired) electrons. The lowest BCUT2D eigenvalue weighted by atomic mass is 9.93. The molecule has 0 aromatic heterocycles. The van der Waals surface area contributed by atoms with Gasteiger partial charge in [0.2, 0.25) is 0 Å². The smallest absolute Gasteiger partial charge is 0.0115 e. The topological polar surface area (TPSA) is 6.48 Å². The molecule has 2 heteroatoms. The Kier molecular flexibility index (Phi) is 2.85. The van der Waals surface area contributed by atoms with Crippen LogP contribution in [-0.2, 0) is 0 Å². The summed E-state index contributed by atoms with van der Waals surface area (Å²) < 4.78 is 0. The Bertz CT molecular complexity index is 166. The molecule has 2 nitrogen and oxygen atoms in total. The lowest BCUT2D eigenvalue weighted by Gasteiger charge is -2.50. The monoisotopic (exact) mass is 196 g/mol. The highest BCUT2D eigenvalue weighted by Gasteiger charge is 2.35. The van der Waals surface area contributed by atoms with Crippen LogP contribution in [0.15, 0.2) is 0 Å². The van der Waals surface area contributed by atoms with E-state index in [1.165, 1.54) is 25.9 Å². The molecule has 4 atom stereocenters. The fourth-order valence-electron chi connectivity index (χ4n) is 3.23. The minimum atomic E-state index is 0.830. The van der Waals surface area contributed by atoms with Gasteiger partial charge in [0.1, 0.15) is 0 Å². The molecule has 0 saturated carbocycles. The summed E-state index contributed by atoms with van der Waals surface area (Å²) >= 11 is 0. The molecule has 82 valence electrons. The molecule has 0 aromatic carbocycles. The van der Waals surface area contributed by atoms with Gasteiger partial charge in [0.05, 0.1) is 0 Å². The average molecular weight is 196 g/mol. The van der Waals surface area contributed by atoms with Gasteiger partial charge in [-0.05, 0) is 40.5 Å². The molecule has 2 aliphatic heterocycles. The summed E-state index contributed by atoms with van der Waals surface area (Å²) in [4.78, 5) is 5.27. The molecular weight excluding hydrogens is 172 g/mol. The molecule has 2 aliphatic rings. The summed E-state index contributed by atoms with van der Waals surface area (Å²) in [6.45, 7) is 12.0. The number of hydrogen-bond acceptors (Lipinski definition) is 2. The molecule has 0 aliphatic carbocycles. The van der Waals surface area contributed by atoms with Crippen molar-refractivity contribution in [3.63, 3.8) is 0 Å². The van der Waals surface area contributed by atoms with Gasteiger partial charge in [-0.2, -0.15) is 0 Å². The summed E-state index contributed by atoms with van der Waals surface area (Å²) in [5, 5.41) is 0. The minimum Gasteiger partial charge on any atom is -0.297 e. The highest BCUT2D eigenvalue weighted by Crippen LogP contribution is 2.27. The summed E-state index contributed by atoms with van der Waals surface area (Å²) in [7, 11) is 0. The highest BCUT2D eigenvalue weighted by molar-refractivity contribution is 4.91.